The van der Waals surface area contributed by atoms with Crippen molar-refractivity contribution in [3.05, 3.63) is 59.2 Å². The molecule has 26 heavy (non-hydrogen) atoms. The van der Waals surface area contributed by atoms with Gasteiger partial charge in [-0.2, -0.15) is 0 Å². The number of sulfonamides is 1. The van der Waals surface area contributed by atoms with Crippen LogP contribution in [0.4, 0.5) is 5.69 Å². The Labute approximate surface area is 154 Å². The molecule has 1 amide bonds. The lowest BCUT2D eigenvalue weighted by Crippen LogP contribution is -2.30. The van der Waals surface area contributed by atoms with E-state index in [1.54, 1.807) is 31.4 Å². The first-order valence-electron chi connectivity index (χ1n) is 8.16. The van der Waals surface area contributed by atoms with Gasteiger partial charge in [0.15, 0.2) is 0 Å². The summed E-state index contributed by atoms with van der Waals surface area (Å²) in [5, 5.41) is 2.85. The van der Waals surface area contributed by atoms with Gasteiger partial charge in [-0.3, -0.25) is 4.79 Å². The first kappa shape index (κ1) is 19.9. The first-order chi connectivity index (χ1) is 12.2. The van der Waals surface area contributed by atoms with E-state index in [0.717, 1.165) is 17.4 Å². The predicted octanol–water partition coefficient (Wildman–Crippen LogP) is 2.93. The highest BCUT2D eigenvalue weighted by Crippen LogP contribution is 2.23. The van der Waals surface area contributed by atoms with Crippen LogP contribution in [0.5, 0.6) is 5.75 Å². The van der Waals surface area contributed by atoms with Crippen molar-refractivity contribution in [2.24, 2.45) is 0 Å². The summed E-state index contributed by atoms with van der Waals surface area (Å²) in [6, 6.07) is 12.0. The molecule has 2 rings (SSSR count). The zero-order chi connectivity index (χ0) is 19.3. The van der Waals surface area contributed by atoms with Crippen LogP contribution in [0.1, 0.15) is 29.2 Å². The summed E-state index contributed by atoms with van der Waals surface area (Å²) in [7, 11) is -1.93. The van der Waals surface area contributed by atoms with Crippen LogP contribution in [0, 0.1) is 13.8 Å². The van der Waals surface area contributed by atoms with Crippen LogP contribution >= 0.6 is 0 Å². The number of amides is 1. The molecule has 0 aromatic heterocycles. The number of aryl methyl sites for hydroxylation is 2. The number of methoxy groups -OCH3 is 1. The molecule has 0 fully saturated rings. The smallest absolute Gasteiger partial charge is 0.226 e. The molecular weight excluding hydrogens is 352 g/mol. The van der Waals surface area contributed by atoms with E-state index in [1.165, 1.54) is 0 Å². The number of nitrogens with one attached hydrogen (secondary N) is 2. The van der Waals surface area contributed by atoms with Gasteiger partial charge in [0, 0.05) is 12.1 Å². The van der Waals surface area contributed by atoms with Gasteiger partial charge in [-0.15, -0.1) is 0 Å². The Morgan fingerprint density at radius 2 is 1.77 bits per heavy atom. The average molecular weight is 376 g/mol. The minimum Gasteiger partial charge on any atom is -0.497 e. The fraction of sp³-hybridized carbons (Fsp3) is 0.316. The Morgan fingerprint density at radius 1 is 1.12 bits per heavy atom. The van der Waals surface area contributed by atoms with Crippen molar-refractivity contribution in [2.45, 2.75) is 26.3 Å². The van der Waals surface area contributed by atoms with Crippen LogP contribution in [-0.2, 0) is 14.8 Å². The highest BCUT2D eigenvalue weighted by molar-refractivity contribution is 7.88. The Bertz CT molecular complexity index is 877. The summed E-state index contributed by atoms with van der Waals surface area (Å²) in [5.74, 6) is 0.389. The van der Waals surface area contributed by atoms with E-state index in [4.69, 9.17) is 4.74 Å². The molecule has 2 aromatic carbocycles. The second kappa shape index (κ2) is 8.33. The van der Waals surface area contributed by atoms with E-state index in [9.17, 15) is 13.2 Å². The quantitative estimate of drug-likeness (QED) is 0.778. The molecule has 0 saturated heterocycles. The lowest BCUT2D eigenvalue weighted by atomic mass is 10.0. The van der Waals surface area contributed by atoms with Gasteiger partial charge in [0.2, 0.25) is 15.9 Å². The van der Waals surface area contributed by atoms with Crippen molar-refractivity contribution in [3.63, 3.8) is 0 Å². The normalized spacial score (nSPS) is 12.5. The molecule has 0 bridgehead atoms. The molecule has 6 nitrogen and oxygen atoms in total. The van der Waals surface area contributed by atoms with Gasteiger partial charge in [0.25, 0.3) is 0 Å². The summed E-state index contributed by atoms with van der Waals surface area (Å²) in [6.07, 6.45) is 1.05. The highest BCUT2D eigenvalue weighted by atomic mass is 32.2. The molecule has 0 saturated carbocycles. The third-order valence-electron chi connectivity index (χ3n) is 3.92. The zero-order valence-corrected chi connectivity index (χ0v) is 16.2. The number of benzene rings is 2. The van der Waals surface area contributed by atoms with Crippen LogP contribution in [0.3, 0.4) is 0 Å². The van der Waals surface area contributed by atoms with Crippen molar-refractivity contribution in [2.75, 3.05) is 18.7 Å². The molecule has 0 spiro atoms. The number of anilines is 1. The first-order valence-corrected chi connectivity index (χ1v) is 10.1. The van der Waals surface area contributed by atoms with Crippen molar-refractivity contribution < 1.29 is 17.9 Å². The molecule has 0 radical (unpaired) electrons. The lowest BCUT2D eigenvalue weighted by Gasteiger charge is -2.18. The van der Waals surface area contributed by atoms with Crippen molar-refractivity contribution in [3.8, 4) is 5.75 Å². The fourth-order valence-electron chi connectivity index (χ4n) is 2.66. The van der Waals surface area contributed by atoms with Gasteiger partial charge in [-0.05, 0) is 43.2 Å². The molecule has 0 heterocycles. The minimum atomic E-state index is -3.48. The van der Waals surface area contributed by atoms with E-state index in [2.05, 4.69) is 10.0 Å². The summed E-state index contributed by atoms with van der Waals surface area (Å²) >= 11 is 0. The maximum Gasteiger partial charge on any atom is 0.226 e. The Hall–Kier alpha value is -2.38. The molecule has 7 heteroatoms. The van der Waals surface area contributed by atoms with Gasteiger partial charge in [-0.25, -0.2) is 13.1 Å². The van der Waals surface area contributed by atoms with Crippen molar-refractivity contribution in [1.82, 2.24) is 4.72 Å². The van der Waals surface area contributed by atoms with Crippen LogP contribution in [0.15, 0.2) is 42.5 Å². The maximum atomic E-state index is 12.5. The molecule has 1 atom stereocenters. The molecular formula is C19H24N2O4S. The molecule has 0 aliphatic heterocycles. The standard InChI is InChI=1S/C19H24N2O4S/c1-13-5-10-17(14(2)11-13)20-19(22)12-18(21-26(4,23)24)15-6-8-16(25-3)9-7-15/h5-11,18,21H,12H2,1-4H3,(H,20,22)/t18-/m1/s1. The van der Waals surface area contributed by atoms with Gasteiger partial charge < -0.3 is 10.1 Å². The number of carbonyl (C=O) groups excluding carboxylic acids is 1. The second-order valence-electron chi connectivity index (χ2n) is 6.29. The van der Waals surface area contributed by atoms with Crippen LogP contribution in [0.25, 0.3) is 0 Å². The molecule has 0 aliphatic rings. The molecule has 0 unspecified atom stereocenters. The van der Waals surface area contributed by atoms with E-state index >= 15 is 0 Å². The molecule has 2 N–H and O–H groups in total. The Balaban J connectivity index is 2.18. The average Bonchev–Trinajstić information content (AvgIpc) is 2.56. The zero-order valence-electron chi connectivity index (χ0n) is 15.4. The number of hydrogen-bond acceptors (Lipinski definition) is 4. The Morgan fingerprint density at radius 3 is 2.31 bits per heavy atom. The number of rotatable bonds is 7. The molecule has 0 aliphatic carbocycles. The summed E-state index contributed by atoms with van der Waals surface area (Å²) in [4.78, 5) is 12.5. The number of ether oxygens (including phenoxy) is 1. The topological polar surface area (TPSA) is 84.5 Å². The third-order valence-corrected chi connectivity index (χ3v) is 4.63. The van der Waals surface area contributed by atoms with Gasteiger partial charge in [-0.1, -0.05) is 29.8 Å². The van der Waals surface area contributed by atoms with E-state index in [-0.39, 0.29) is 12.3 Å². The number of carbonyl (C=O) groups is 1. The molecule has 2 aromatic rings. The van der Waals surface area contributed by atoms with E-state index < -0.39 is 16.1 Å². The van der Waals surface area contributed by atoms with E-state index in [1.807, 2.05) is 32.0 Å². The minimum absolute atomic E-state index is 0.0211. The Kier molecular flexibility index (Phi) is 6.39. The second-order valence-corrected chi connectivity index (χ2v) is 8.07. The summed E-state index contributed by atoms with van der Waals surface area (Å²) in [5.41, 5.74) is 3.46. The maximum absolute atomic E-state index is 12.5. The molecule has 140 valence electrons. The van der Waals surface area contributed by atoms with Gasteiger partial charge in [0.05, 0.1) is 19.4 Å². The monoisotopic (exact) mass is 376 g/mol. The highest BCUT2D eigenvalue weighted by Gasteiger charge is 2.20. The predicted molar refractivity (Wildman–Crippen MR) is 103 cm³/mol. The SMILES string of the molecule is COc1ccc([C@@H](CC(=O)Nc2ccc(C)cc2C)NS(C)(=O)=O)cc1. The van der Waals surface area contributed by atoms with Crippen molar-refractivity contribution >= 4 is 21.6 Å². The van der Waals surface area contributed by atoms with Crippen LogP contribution in [-0.4, -0.2) is 27.7 Å². The third kappa shape index (κ3) is 5.86. The van der Waals surface area contributed by atoms with Crippen LogP contribution < -0.4 is 14.8 Å². The van der Waals surface area contributed by atoms with Gasteiger partial charge in [0.1, 0.15) is 5.75 Å². The van der Waals surface area contributed by atoms with E-state index in [0.29, 0.717) is 17.0 Å². The summed E-state index contributed by atoms with van der Waals surface area (Å²) in [6.45, 7) is 3.90. The largest absolute Gasteiger partial charge is 0.497 e. The van der Waals surface area contributed by atoms with Gasteiger partial charge >= 0.3 is 0 Å². The van der Waals surface area contributed by atoms with Crippen LogP contribution in [0.2, 0.25) is 0 Å². The number of hydrogen-bond donors (Lipinski definition) is 2. The van der Waals surface area contributed by atoms with Crippen molar-refractivity contribution in [1.29, 1.82) is 0 Å². The lowest BCUT2D eigenvalue weighted by molar-refractivity contribution is -0.116. The fourth-order valence-corrected chi connectivity index (χ4v) is 3.40. The summed E-state index contributed by atoms with van der Waals surface area (Å²) < 4.78 is 31.0.